The van der Waals surface area contributed by atoms with Crippen molar-refractivity contribution in [2.75, 3.05) is 5.32 Å². The molecule has 116 valence electrons. The molecular weight excluding hydrogens is 300 g/mol. The van der Waals surface area contributed by atoms with Crippen LogP contribution < -0.4 is 11.1 Å². The zero-order chi connectivity index (χ0) is 16.4. The van der Waals surface area contributed by atoms with Crippen molar-refractivity contribution >= 4 is 34.3 Å². The van der Waals surface area contributed by atoms with Gasteiger partial charge in [0, 0.05) is 17.3 Å². The number of nitrogens with zero attached hydrogens (tertiary/aromatic N) is 4. The van der Waals surface area contributed by atoms with Crippen LogP contribution in [0.4, 0.5) is 11.5 Å². The van der Waals surface area contributed by atoms with E-state index in [-0.39, 0.29) is 12.2 Å². The lowest BCUT2D eigenvalue weighted by atomic mass is 10.2. The van der Waals surface area contributed by atoms with Gasteiger partial charge in [0.25, 0.3) is 5.91 Å². The maximum atomic E-state index is 11.5. The molecule has 0 aliphatic heterocycles. The number of nitrogens with one attached hydrogen (secondary N) is 1. The number of nitrogens with two attached hydrogens (primary N) is 1. The average Bonchev–Trinajstić information content (AvgIpc) is 2.86. The summed E-state index contributed by atoms with van der Waals surface area (Å²) in [6.45, 7) is -0.360. The average molecular weight is 312 g/mol. The summed E-state index contributed by atoms with van der Waals surface area (Å²) in [7, 11) is 0. The summed E-state index contributed by atoms with van der Waals surface area (Å²) < 4.78 is 1.23. The number of hydrogen-bond acceptors (Lipinski definition) is 6. The number of fused-ring (bicyclic) bond motifs is 1. The molecule has 3 aromatic rings. The quantitative estimate of drug-likeness (QED) is 0.632. The van der Waals surface area contributed by atoms with Crippen molar-refractivity contribution in [3.63, 3.8) is 0 Å². The first-order valence-corrected chi connectivity index (χ1v) is 6.61. The lowest BCUT2D eigenvalue weighted by Gasteiger charge is -2.05. The Balaban J connectivity index is 2.05. The molecule has 0 saturated heterocycles. The van der Waals surface area contributed by atoms with Crippen molar-refractivity contribution in [2.45, 2.75) is 6.54 Å². The van der Waals surface area contributed by atoms with Gasteiger partial charge in [-0.2, -0.15) is 10.2 Å². The number of carbonyl (C=O) groups excluding carboxylic acids is 1. The number of carboxylic acids is 1. The highest BCUT2D eigenvalue weighted by Gasteiger charge is 2.16. The summed E-state index contributed by atoms with van der Waals surface area (Å²) in [6.07, 6.45) is 1.55. The monoisotopic (exact) mass is 312 g/mol. The van der Waals surface area contributed by atoms with E-state index in [1.807, 2.05) is 0 Å². The molecule has 4 N–H and O–H groups in total. The molecule has 0 unspecified atom stereocenters. The van der Waals surface area contributed by atoms with Crippen LogP contribution in [0.15, 0.2) is 36.5 Å². The Kier molecular flexibility index (Phi) is 3.59. The van der Waals surface area contributed by atoms with E-state index < -0.39 is 11.9 Å². The topological polar surface area (TPSA) is 136 Å². The van der Waals surface area contributed by atoms with Crippen LogP contribution in [0.5, 0.6) is 0 Å². The molecule has 1 aromatic carbocycles. The first-order valence-electron chi connectivity index (χ1n) is 6.61. The van der Waals surface area contributed by atoms with Crippen LogP contribution in [0, 0.1) is 0 Å². The highest BCUT2D eigenvalue weighted by molar-refractivity contribution is 6.05. The number of carbonyl (C=O) groups is 2. The number of benzene rings is 1. The molecule has 0 bridgehead atoms. The number of rotatable bonds is 5. The fourth-order valence-corrected chi connectivity index (χ4v) is 2.20. The molecule has 9 heteroatoms. The maximum absolute atomic E-state index is 11.5. The van der Waals surface area contributed by atoms with Gasteiger partial charge in [0.15, 0.2) is 11.5 Å². The fourth-order valence-electron chi connectivity index (χ4n) is 2.20. The molecule has 0 saturated carbocycles. The third-order valence-corrected chi connectivity index (χ3v) is 3.11. The van der Waals surface area contributed by atoms with E-state index in [0.717, 1.165) is 0 Å². The normalized spacial score (nSPS) is 10.6. The maximum Gasteiger partial charge on any atom is 0.325 e. The van der Waals surface area contributed by atoms with Crippen molar-refractivity contribution < 1.29 is 14.7 Å². The van der Waals surface area contributed by atoms with E-state index >= 15 is 0 Å². The van der Waals surface area contributed by atoms with Crippen molar-refractivity contribution in [3.05, 3.63) is 42.2 Å². The molecule has 0 atom stereocenters. The smallest absolute Gasteiger partial charge is 0.325 e. The lowest BCUT2D eigenvalue weighted by Crippen LogP contribution is -2.14. The Labute approximate surface area is 129 Å². The number of aromatic nitrogens is 4. The molecule has 0 fully saturated rings. The highest BCUT2D eigenvalue weighted by Crippen LogP contribution is 2.24. The highest BCUT2D eigenvalue weighted by atomic mass is 16.4. The van der Waals surface area contributed by atoms with Gasteiger partial charge in [-0.1, -0.05) is 0 Å². The predicted octanol–water partition coefficient (Wildman–Crippen LogP) is 0.753. The number of aliphatic carboxylic acids is 1. The van der Waals surface area contributed by atoms with Crippen molar-refractivity contribution in [3.8, 4) is 0 Å². The van der Waals surface area contributed by atoms with E-state index in [2.05, 4.69) is 20.6 Å². The van der Waals surface area contributed by atoms with Gasteiger partial charge in [-0.05, 0) is 30.3 Å². The van der Waals surface area contributed by atoms with Crippen LogP contribution in [0.1, 0.15) is 10.5 Å². The number of primary amides is 1. The van der Waals surface area contributed by atoms with Gasteiger partial charge < -0.3 is 16.2 Å². The van der Waals surface area contributed by atoms with E-state index in [0.29, 0.717) is 22.4 Å². The Bertz CT molecular complexity index is 890. The lowest BCUT2D eigenvalue weighted by molar-refractivity contribution is -0.137. The molecule has 2 aromatic heterocycles. The van der Waals surface area contributed by atoms with Crippen LogP contribution in [0.25, 0.3) is 10.9 Å². The minimum atomic E-state index is -1.06. The van der Waals surface area contributed by atoms with Crippen LogP contribution >= 0.6 is 0 Å². The standard InChI is InChI=1S/C14H12N6O3/c15-14(23)13-9-6-8(17-11-2-1-5-16-18-11)3-4-10(9)20(19-13)7-12(21)22/h1-6H,7H2,(H2,15,23)(H,17,18)(H,21,22). The number of carboxylic acid groups (broad SMARTS) is 1. The second-order valence-electron chi connectivity index (χ2n) is 4.73. The zero-order valence-electron chi connectivity index (χ0n) is 11.8. The Morgan fingerprint density at radius 1 is 1.30 bits per heavy atom. The SMILES string of the molecule is NC(=O)c1nn(CC(=O)O)c2ccc(Nc3cccnn3)cc12. The number of hydrogen-bond donors (Lipinski definition) is 3. The summed E-state index contributed by atoms with van der Waals surface area (Å²) in [5.74, 6) is -1.26. The van der Waals surface area contributed by atoms with Crippen LogP contribution in [-0.4, -0.2) is 37.0 Å². The zero-order valence-corrected chi connectivity index (χ0v) is 11.8. The summed E-state index contributed by atoms with van der Waals surface area (Å²) in [5.41, 5.74) is 6.49. The third-order valence-electron chi connectivity index (χ3n) is 3.11. The minimum absolute atomic E-state index is 0.0176. The van der Waals surface area contributed by atoms with Gasteiger partial charge in [-0.3, -0.25) is 14.3 Å². The predicted molar refractivity (Wildman–Crippen MR) is 81.2 cm³/mol. The van der Waals surface area contributed by atoms with Crippen molar-refractivity contribution in [1.82, 2.24) is 20.0 Å². The molecule has 2 heterocycles. The van der Waals surface area contributed by atoms with Gasteiger partial charge in [0.1, 0.15) is 6.54 Å². The second-order valence-corrected chi connectivity index (χ2v) is 4.73. The third kappa shape index (κ3) is 2.93. The Morgan fingerprint density at radius 2 is 2.13 bits per heavy atom. The summed E-state index contributed by atoms with van der Waals surface area (Å²) >= 11 is 0. The van der Waals surface area contributed by atoms with Crippen LogP contribution in [0.2, 0.25) is 0 Å². The molecule has 23 heavy (non-hydrogen) atoms. The van der Waals surface area contributed by atoms with Crippen molar-refractivity contribution in [1.29, 1.82) is 0 Å². The first-order chi connectivity index (χ1) is 11.0. The fraction of sp³-hybridized carbons (Fsp3) is 0.0714. The molecule has 0 radical (unpaired) electrons. The number of amides is 1. The molecular formula is C14H12N6O3. The largest absolute Gasteiger partial charge is 0.480 e. The summed E-state index contributed by atoms with van der Waals surface area (Å²) in [6, 6.07) is 8.52. The number of anilines is 2. The van der Waals surface area contributed by atoms with E-state index in [1.54, 1.807) is 36.5 Å². The van der Waals surface area contributed by atoms with Crippen LogP contribution in [0.3, 0.4) is 0 Å². The summed E-state index contributed by atoms with van der Waals surface area (Å²) in [5, 5.41) is 24.1. The summed E-state index contributed by atoms with van der Waals surface area (Å²) in [4.78, 5) is 22.4. The molecule has 0 spiro atoms. The van der Waals surface area contributed by atoms with Crippen molar-refractivity contribution in [2.24, 2.45) is 5.73 Å². The van der Waals surface area contributed by atoms with Gasteiger partial charge in [0.2, 0.25) is 0 Å². The molecule has 9 nitrogen and oxygen atoms in total. The Morgan fingerprint density at radius 3 is 2.78 bits per heavy atom. The van der Waals surface area contributed by atoms with E-state index in [1.165, 1.54) is 4.68 Å². The minimum Gasteiger partial charge on any atom is -0.480 e. The van der Waals surface area contributed by atoms with Gasteiger partial charge in [-0.15, -0.1) is 5.10 Å². The molecule has 3 rings (SSSR count). The molecule has 0 aliphatic rings. The van der Waals surface area contributed by atoms with Gasteiger partial charge >= 0.3 is 5.97 Å². The molecule has 0 aliphatic carbocycles. The van der Waals surface area contributed by atoms with E-state index in [4.69, 9.17) is 10.8 Å². The first kappa shape index (κ1) is 14.4. The van der Waals surface area contributed by atoms with E-state index in [9.17, 15) is 9.59 Å². The Hall–Kier alpha value is -3.49. The van der Waals surface area contributed by atoms with Gasteiger partial charge in [0.05, 0.1) is 5.52 Å². The molecule has 1 amide bonds. The second kappa shape index (κ2) is 5.72. The van der Waals surface area contributed by atoms with Gasteiger partial charge in [-0.25, -0.2) is 0 Å². The van der Waals surface area contributed by atoms with Crippen LogP contribution in [-0.2, 0) is 11.3 Å².